The number of methoxy groups -OCH3 is 1. The Morgan fingerprint density at radius 2 is 2.25 bits per heavy atom. The van der Waals surface area contributed by atoms with Gasteiger partial charge in [0.15, 0.2) is 6.29 Å². The summed E-state index contributed by atoms with van der Waals surface area (Å²) in [5.74, 6) is 0. The summed E-state index contributed by atoms with van der Waals surface area (Å²) >= 11 is 0. The Kier molecular flexibility index (Phi) is 6.01. The standard InChI is InChI=1S/C6H7NO.C3H8O/c1-5-2-6(4-8)7-3-5;1-3-4-2/h2-4,7H,1H3;3H2,1-2H3. The molecule has 0 amide bonds. The van der Waals surface area contributed by atoms with Crippen molar-refractivity contribution in [1.29, 1.82) is 0 Å². The maximum absolute atomic E-state index is 9.99. The normalized spacial score (nSPS) is 8.58. The van der Waals surface area contributed by atoms with Gasteiger partial charge in [-0.25, -0.2) is 0 Å². The van der Waals surface area contributed by atoms with Gasteiger partial charge in [-0.2, -0.15) is 0 Å². The largest absolute Gasteiger partial charge is 0.385 e. The molecule has 0 saturated heterocycles. The molecular weight excluding hydrogens is 154 g/mol. The maximum Gasteiger partial charge on any atom is 0.166 e. The van der Waals surface area contributed by atoms with E-state index in [2.05, 4.69) is 9.72 Å². The number of hydrogen-bond acceptors (Lipinski definition) is 2. The number of nitrogens with one attached hydrogen (secondary N) is 1. The van der Waals surface area contributed by atoms with Crippen molar-refractivity contribution in [2.75, 3.05) is 13.7 Å². The van der Waals surface area contributed by atoms with E-state index in [9.17, 15) is 4.79 Å². The Hall–Kier alpha value is -1.09. The molecule has 0 bridgehead atoms. The van der Waals surface area contributed by atoms with Crippen LogP contribution in [0, 0.1) is 6.92 Å². The second-order valence-corrected chi connectivity index (χ2v) is 2.33. The number of aromatic nitrogens is 1. The van der Waals surface area contributed by atoms with E-state index in [1.165, 1.54) is 0 Å². The fraction of sp³-hybridized carbons (Fsp3) is 0.444. The number of carbonyl (C=O) groups is 1. The highest BCUT2D eigenvalue weighted by Crippen LogP contribution is 1.96. The van der Waals surface area contributed by atoms with Crippen molar-refractivity contribution in [2.24, 2.45) is 0 Å². The van der Waals surface area contributed by atoms with Gasteiger partial charge in [0.1, 0.15) is 0 Å². The number of aryl methyl sites for hydroxylation is 1. The highest BCUT2D eigenvalue weighted by molar-refractivity contribution is 5.72. The van der Waals surface area contributed by atoms with Crippen molar-refractivity contribution in [3.8, 4) is 0 Å². The lowest BCUT2D eigenvalue weighted by Gasteiger charge is -1.76. The quantitative estimate of drug-likeness (QED) is 0.686. The molecule has 0 unspecified atom stereocenters. The molecule has 0 aliphatic rings. The lowest BCUT2D eigenvalue weighted by atomic mass is 10.3. The van der Waals surface area contributed by atoms with E-state index < -0.39 is 0 Å². The van der Waals surface area contributed by atoms with Crippen LogP contribution >= 0.6 is 0 Å². The lowest BCUT2D eigenvalue weighted by molar-refractivity contribution is 0.111. The van der Waals surface area contributed by atoms with E-state index in [-0.39, 0.29) is 0 Å². The predicted octanol–water partition coefficient (Wildman–Crippen LogP) is 1.79. The Labute approximate surface area is 72.7 Å². The van der Waals surface area contributed by atoms with Gasteiger partial charge < -0.3 is 9.72 Å². The Morgan fingerprint density at radius 1 is 1.67 bits per heavy atom. The highest BCUT2D eigenvalue weighted by Gasteiger charge is 1.88. The van der Waals surface area contributed by atoms with E-state index in [0.717, 1.165) is 18.5 Å². The van der Waals surface area contributed by atoms with Crippen molar-refractivity contribution < 1.29 is 9.53 Å². The molecule has 1 heterocycles. The third kappa shape index (κ3) is 4.68. The number of ether oxygens (including phenoxy) is 1. The molecule has 1 aromatic heterocycles. The molecule has 0 radical (unpaired) electrons. The number of carbonyl (C=O) groups excluding carboxylic acids is 1. The second-order valence-electron chi connectivity index (χ2n) is 2.33. The molecule has 0 aromatic carbocycles. The summed E-state index contributed by atoms with van der Waals surface area (Å²) in [6.45, 7) is 4.71. The zero-order valence-electron chi connectivity index (χ0n) is 7.76. The van der Waals surface area contributed by atoms with Gasteiger partial charge in [-0.3, -0.25) is 4.79 Å². The van der Waals surface area contributed by atoms with Crippen molar-refractivity contribution in [3.05, 3.63) is 23.5 Å². The molecule has 68 valence electrons. The molecule has 1 aromatic rings. The van der Waals surface area contributed by atoms with Gasteiger partial charge >= 0.3 is 0 Å². The average Bonchev–Trinajstić information content (AvgIpc) is 2.52. The van der Waals surface area contributed by atoms with Gasteiger partial charge in [-0.15, -0.1) is 0 Å². The van der Waals surface area contributed by atoms with Crippen LogP contribution in [0.3, 0.4) is 0 Å². The van der Waals surface area contributed by atoms with Crippen molar-refractivity contribution in [1.82, 2.24) is 4.98 Å². The molecule has 3 heteroatoms. The molecule has 0 atom stereocenters. The van der Waals surface area contributed by atoms with Gasteiger partial charge in [0.2, 0.25) is 0 Å². The van der Waals surface area contributed by atoms with Crippen LogP contribution in [0.1, 0.15) is 23.0 Å². The SMILES string of the molecule is CCOC.Cc1c[nH]c(C=O)c1. The summed E-state index contributed by atoms with van der Waals surface area (Å²) in [7, 11) is 1.68. The fourth-order valence-electron chi connectivity index (χ4n) is 0.594. The fourth-order valence-corrected chi connectivity index (χ4v) is 0.594. The van der Waals surface area contributed by atoms with Crippen LogP contribution in [-0.2, 0) is 4.74 Å². The molecule has 0 aliphatic heterocycles. The number of H-pyrrole nitrogens is 1. The van der Waals surface area contributed by atoms with Crippen molar-refractivity contribution in [3.63, 3.8) is 0 Å². The number of aromatic amines is 1. The van der Waals surface area contributed by atoms with Crippen LogP contribution in [-0.4, -0.2) is 25.0 Å². The third-order valence-corrected chi connectivity index (χ3v) is 1.27. The van der Waals surface area contributed by atoms with Crippen LogP contribution in [0.2, 0.25) is 0 Å². The number of rotatable bonds is 2. The molecule has 1 N–H and O–H groups in total. The van der Waals surface area contributed by atoms with E-state index in [1.807, 2.05) is 13.8 Å². The minimum absolute atomic E-state index is 0.641. The summed E-state index contributed by atoms with van der Waals surface area (Å²) in [6.07, 6.45) is 2.59. The van der Waals surface area contributed by atoms with Crippen LogP contribution in [0.15, 0.2) is 12.3 Å². The smallest absolute Gasteiger partial charge is 0.166 e. The Bertz CT molecular complexity index is 216. The molecule has 0 saturated carbocycles. The maximum atomic E-state index is 9.99. The monoisotopic (exact) mass is 169 g/mol. The summed E-state index contributed by atoms with van der Waals surface area (Å²) in [4.78, 5) is 12.8. The predicted molar refractivity (Wildman–Crippen MR) is 48.5 cm³/mol. The lowest BCUT2D eigenvalue weighted by Crippen LogP contribution is -1.73. The Morgan fingerprint density at radius 3 is 2.42 bits per heavy atom. The van der Waals surface area contributed by atoms with E-state index >= 15 is 0 Å². The molecule has 3 nitrogen and oxygen atoms in total. The molecule has 0 spiro atoms. The summed E-state index contributed by atoms with van der Waals surface area (Å²) in [6, 6.07) is 1.80. The van der Waals surface area contributed by atoms with Gasteiger partial charge in [0.25, 0.3) is 0 Å². The first-order valence-corrected chi connectivity index (χ1v) is 3.83. The second kappa shape index (κ2) is 6.61. The van der Waals surface area contributed by atoms with E-state index in [0.29, 0.717) is 5.69 Å². The average molecular weight is 169 g/mol. The molecule has 0 aliphatic carbocycles. The highest BCUT2D eigenvalue weighted by atomic mass is 16.5. The zero-order chi connectivity index (χ0) is 9.40. The van der Waals surface area contributed by atoms with Crippen LogP contribution in [0.25, 0.3) is 0 Å². The van der Waals surface area contributed by atoms with Crippen LogP contribution in [0.4, 0.5) is 0 Å². The number of aldehydes is 1. The van der Waals surface area contributed by atoms with E-state index in [4.69, 9.17) is 0 Å². The number of hydrogen-bond donors (Lipinski definition) is 1. The molecule has 12 heavy (non-hydrogen) atoms. The van der Waals surface area contributed by atoms with Gasteiger partial charge in [0, 0.05) is 19.9 Å². The molecular formula is C9H15NO2. The van der Waals surface area contributed by atoms with Crippen LogP contribution in [0.5, 0.6) is 0 Å². The minimum atomic E-state index is 0.641. The minimum Gasteiger partial charge on any atom is -0.385 e. The Balaban J connectivity index is 0.000000261. The molecule has 0 fully saturated rings. The van der Waals surface area contributed by atoms with Gasteiger partial charge in [-0.05, 0) is 25.5 Å². The van der Waals surface area contributed by atoms with Crippen molar-refractivity contribution in [2.45, 2.75) is 13.8 Å². The summed E-state index contributed by atoms with van der Waals surface area (Å²) < 4.78 is 4.54. The van der Waals surface area contributed by atoms with E-state index in [1.54, 1.807) is 19.4 Å². The topological polar surface area (TPSA) is 42.1 Å². The first kappa shape index (κ1) is 10.9. The molecule has 1 rings (SSSR count). The third-order valence-electron chi connectivity index (χ3n) is 1.27. The van der Waals surface area contributed by atoms with Gasteiger partial charge in [-0.1, -0.05) is 0 Å². The first-order valence-electron chi connectivity index (χ1n) is 3.83. The zero-order valence-corrected chi connectivity index (χ0v) is 7.76. The first-order chi connectivity index (χ1) is 5.74. The van der Waals surface area contributed by atoms with Gasteiger partial charge in [0.05, 0.1) is 5.69 Å². The van der Waals surface area contributed by atoms with Crippen LogP contribution < -0.4 is 0 Å². The summed E-state index contributed by atoms with van der Waals surface area (Å²) in [5.41, 5.74) is 1.73. The summed E-state index contributed by atoms with van der Waals surface area (Å²) in [5, 5.41) is 0. The van der Waals surface area contributed by atoms with Crippen molar-refractivity contribution >= 4 is 6.29 Å².